The second kappa shape index (κ2) is 13.5. The zero-order chi connectivity index (χ0) is 37.0. The number of Topliss-reactive ketones (excluding diaryl/α,β-unsaturated/α-hetero) is 2. The lowest BCUT2D eigenvalue weighted by Gasteiger charge is -2.60. The molecule has 5 aliphatic rings. The Bertz CT molecular complexity index is 1510. The minimum absolute atomic E-state index is 0.0767. The van der Waals surface area contributed by atoms with Crippen molar-refractivity contribution in [2.24, 2.45) is 22.7 Å². The van der Waals surface area contributed by atoms with Gasteiger partial charge in [-0.05, 0) is 44.1 Å². The molecule has 0 aromatic carbocycles. The van der Waals surface area contributed by atoms with E-state index in [9.17, 15) is 38.7 Å². The van der Waals surface area contributed by atoms with Crippen LogP contribution in [0.1, 0.15) is 86.5 Å². The monoisotopic (exact) mass is 708 g/mol. The molecule has 0 radical (unpaired) electrons. The van der Waals surface area contributed by atoms with Gasteiger partial charge in [-0.25, -0.2) is 4.39 Å². The predicted octanol–water partition coefficient (Wildman–Crippen LogP) is 2.19. The highest BCUT2D eigenvalue weighted by Crippen LogP contribution is 2.69. The molecule has 1 saturated heterocycles. The number of aliphatic hydroxyl groups is 1. The first-order chi connectivity index (χ1) is 23.3. The van der Waals surface area contributed by atoms with Gasteiger partial charge in [0.05, 0.1) is 0 Å². The fourth-order valence-electron chi connectivity index (χ4n) is 9.35. The average Bonchev–Trinajstić information content (AvgIpc) is 3.28. The predicted molar refractivity (Wildman–Crippen MR) is 165 cm³/mol. The minimum atomic E-state index is -2.26. The Hall–Kier alpha value is -3.56. The lowest BCUT2D eigenvalue weighted by Crippen LogP contribution is -2.68. The van der Waals surface area contributed by atoms with Crippen molar-refractivity contribution in [3.8, 4) is 0 Å². The van der Waals surface area contributed by atoms with Crippen molar-refractivity contribution in [3.63, 3.8) is 0 Å². The van der Waals surface area contributed by atoms with E-state index in [1.807, 2.05) is 0 Å². The van der Waals surface area contributed by atoms with E-state index >= 15 is 4.39 Å². The second-order valence-electron chi connectivity index (χ2n) is 14.6. The molecule has 50 heavy (non-hydrogen) atoms. The molecule has 0 spiro atoms. The Morgan fingerprint density at radius 3 is 2.10 bits per heavy atom. The van der Waals surface area contributed by atoms with Gasteiger partial charge in [-0.2, -0.15) is 0 Å². The van der Waals surface area contributed by atoms with Gasteiger partial charge >= 0.3 is 23.9 Å². The molecule has 0 aromatic rings. The maximum atomic E-state index is 17.4. The molecule has 11 atom stereocenters. The quantitative estimate of drug-likeness (QED) is 0.270. The number of alkyl halides is 1. The summed E-state index contributed by atoms with van der Waals surface area (Å²) < 4.78 is 50.3. The third-order valence-corrected chi connectivity index (χ3v) is 11.7. The fraction of sp³-hybridized carbons (Fsp3) is 0.743. The zero-order valence-electron chi connectivity index (χ0n) is 29.1. The molecule has 5 rings (SSSR count). The number of esters is 4. The Morgan fingerprint density at radius 2 is 1.48 bits per heavy atom. The standard InChI is InChI=1S/C35H45FO14/c1-17(37)45-15-25-28(47-18(2)38)29(48-19(3)39)30(49-20(4)40)31(50-25)46-16-27(43)34(44)12-10-23-24-8-7-21-13-22(41)9-11-32(21,5)35(24,36)26(42)14-33(23,34)6/h13,23-25,28-31,44H,7-12,14-16H2,1-6H3/t23-,24-,25+,28+,29-,30+,31?,32-,33-,34-,35-/m0/s1. The van der Waals surface area contributed by atoms with Gasteiger partial charge < -0.3 is 33.5 Å². The van der Waals surface area contributed by atoms with Crippen molar-refractivity contribution in [1.29, 1.82) is 0 Å². The molecule has 4 fully saturated rings. The highest BCUT2D eigenvalue weighted by molar-refractivity contribution is 5.97. The Labute approximate surface area is 288 Å². The summed E-state index contributed by atoms with van der Waals surface area (Å²) in [4.78, 5) is 88.1. The Morgan fingerprint density at radius 1 is 0.860 bits per heavy atom. The number of carbonyl (C=O) groups excluding carboxylic acids is 7. The summed E-state index contributed by atoms with van der Waals surface area (Å²) in [5.74, 6) is -6.21. The third kappa shape index (κ3) is 6.19. The minimum Gasteiger partial charge on any atom is -0.463 e. The van der Waals surface area contributed by atoms with Gasteiger partial charge in [0, 0.05) is 57.3 Å². The molecular weight excluding hydrogens is 663 g/mol. The van der Waals surface area contributed by atoms with E-state index in [-0.39, 0.29) is 37.9 Å². The van der Waals surface area contributed by atoms with Gasteiger partial charge in [0.2, 0.25) is 0 Å². The van der Waals surface area contributed by atoms with E-state index in [0.717, 1.165) is 27.7 Å². The molecule has 15 heteroatoms. The SMILES string of the molecule is CC(=O)OC[C@H]1OC(OCC(=O)[C@@]2(O)CC[C@H]3[C@@H]4CCC5=CC(=O)CC[C@]5(C)[C@@]4(F)C(=O)C[C@@]32C)[C@H](OC(C)=O)[C@@H](OC(C)=O)[C@@H]1OC(C)=O. The fourth-order valence-corrected chi connectivity index (χ4v) is 9.35. The van der Waals surface area contributed by atoms with Crippen molar-refractivity contribution in [1.82, 2.24) is 0 Å². The molecule has 0 bridgehead atoms. The Balaban J connectivity index is 1.40. The molecule has 1 heterocycles. The molecule has 0 aromatic heterocycles. The van der Waals surface area contributed by atoms with E-state index in [4.69, 9.17) is 28.4 Å². The first kappa shape index (κ1) is 37.7. The highest BCUT2D eigenvalue weighted by Gasteiger charge is 2.74. The van der Waals surface area contributed by atoms with Gasteiger partial charge in [-0.1, -0.05) is 19.4 Å². The normalized spacial score (nSPS) is 40.7. The van der Waals surface area contributed by atoms with Crippen LogP contribution in [-0.2, 0) is 62.0 Å². The summed E-state index contributed by atoms with van der Waals surface area (Å²) in [7, 11) is 0. The number of hydrogen-bond acceptors (Lipinski definition) is 14. The van der Waals surface area contributed by atoms with Gasteiger partial charge in [0.15, 0.2) is 47.6 Å². The van der Waals surface area contributed by atoms with Crippen LogP contribution in [0.4, 0.5) is 4.39 Å². The molecule has 0 amide bonds. The first-order valence-electron chi connectivity index (χ1n) is 16.9. The van der Waals surface area contributed by atoms with Crippen LogP contribution in [0.25, 0.3) is 0 Å². The lowest BCUT2D eigenvalue weighted by molar-refractivity contribution is -0.307. The smallest absolute Gasteiger partial charge is 0.303 e. The maximum Gasteiger partial charge on any atom is 0.303 e. The molecule has 276 valence electrons. The molecule has 4 aliphatic carbocycles. The largest absolute Gasteiger partial charge is 0.463 e. The number of allylic oxidation sites excluding steroid dienone is 1. The van der Waals surface area contributed by atoms with Crippen LogP contribution in [0.15, 0.2) is 11.6 Å². The zero-order valence-corrected chi connectivity index (χ0v) is 29.1. The van der Waals surface area contributed by atoms with Crippen molar-refractivity contribution in [2.45, 2.75) is 128 Å². The maximum absolute atomic E-state index is 17.4. The number of ketones is 3. The summed E-state index contributed by atoms with van der Waals surface area (Å²) >= 11 is 0. The van der Waals surface area contributed by atoms with Crippen LogP contribution >= 0.6 is 0 Å². The van der Waals surface area contributed by atoms with Gasteiger partial charge in [0.25, 0.3) is 0 Å². The molecule has 3 saturated carbocycles. The molecule has 1 N–H and O–H groups in total. The van der Waals surface area contributed by atoms with E-state index in [2.05, 4.69) is 0 Å². The summed E-state index contributed by atoms with van der Waals surface area (Å²) in [5, 5.41) is 12.1. The van der Waals surface area contributed by atoms with Crippen molar-refractivity contribution in [2.75, 3.05) is 13.2 Å². The molecular formula is C35H45FO14. The van der Waals surface area contributed by atoms with Crippen LogP contribution in [0.3, 0.4) is 0 Å². The highest BCUT2D eigenvalue weighted by atomic mass is 19.1. The van der Waals surface area contributed by atoms with E-state index in [1.165, 1.54) is 6.08 Å². The van der Waals surface area contributed by atoms with Gasteiger partial charge in [0.1, 0.15) is 24.9 Å². The average molecular weight is 709 g/mol. The number of fused-ring (bicyclic) bond motifs is 5. The van der Waals surface area contributed by atoms with Crippen molar-refractivity contribution in [3.05, 3.63) is 11.6 Å². The van der Waals surface area contributed by atoms with E-state index < -0.39 is 120 Å². The summed E-state index contributed by atoms with van der Waals surface area (Å²) in [6.45, 7) is 6.30. The second-order valence-corrected chi connectivity index (χ2v) is 14.6. The van der Waals surface area contributed by atoms with Gasteiger partial charge in [-0.3, -0.25) is 33.6 Å². The van der Waals surface area contributed by atoms with Crippen LogP contribution in [0.5, 0.6) is 0 Å². The van der Waals surface area contributed by atoms with Crippen LogP contribution in [0.2, 0.25) is 0 Å². The van der Waals surface area contributed by atoms with Crippen molar-refractivity contribution >= 4 is 41.2 Å². The first-order valence-corrected chi connectivity index (χ1v) is 16.9. The molecule has 14 nitrogen and oxygen atoms in total. The van der Waals surface area contributed by atoms with Crippen LogP contribution in [-0.4, -0.2) is 102 Å². The summed E-state index contributed by atoms with van der Waals surface area (Å²) in [6.07, 6.45) is -5.23. The van der Waals surface area contributed by atoms with E-state index in [0.29, 0.717) is 12.0 Å². The molecule has 1 unspecified atom stereocenters. The third-order valence-electron chi connectivity index (χ3n) is 11.7. The summed E-state index contributed by atoms with van der Waals surface area (Å²) in [5.41, 5.74) is -6.26. The number of ether oxygens (including phenoxy) is 6. The topological polar surface area (TPSA) is 195 Å². The van der Waals surface area contributed by atoms with Crippen molar-refractivity contribution < 1.29 is 71.5 Å². The number of hydrogen-bond donors (Lipinski definition) is 1. The van der Waals surface area contributed by atoms with Crippen LogP contribution in [0, 0.1) is 22.7 Å². The van der Waals surface area contributed by atoms with Gasteiger partial charge in [-0.15, -0.1) is 0 Å². The number of rotatable bonds is 9. The lowest BCUT2D eigenvalue weighted by atomic mass is 9.44. The number of carbonyl (C=O) groups is 7. The van der Waals surface area contributed by atoms with Crippen LogP contribution < -0.4 is 0 Å². The summed E-state index contributed by atoms with van der Waals surface area (Å²) in [6, 6.07) is 0. The molecule has 1 aliphatic heterocycles. The number of halogens is 1. The van der Waals surface area contributed by atoms with E-state index in [1.54, 1.807) is 13.8 Å². The Kier molecular flexibility index (Phi) is 10.2.